The van der Waals surface area contributed by atoms with Crippen molar-refractivity contribution in [2.75, 3.05) is 0 Å². The summed E-state index contributed by atoms with van der Waals surface area (Å²) in [6, 6.07) is 4.35. The lowest BCUT2D eigenvalue weighted by molar-refractivity contribution is 0.191. The fourth-order valence-corrected chi connectivity index (χ4v) is 2.62. The molecule has 1 aliphatic rings. The van der Waals surface area contributed by atoms with Crippen LogP contribution in [-0.4, -0.2) is 12.1 Å². The van der Waals surface area contributed by atoms with E-state index >= 15 is 0 Å². The summed E-state index contributed by atoms with van der Waals surface area (Å²) in [6.45, 7) is 5.01. The summed E-state index contributed by atoms with van der Waals surface area (Å²) in [6.07, 6.45) is 4.68. The molecule has 0 spiro atoms. The van der Waals surface area contributed by atoms with Crippen molar-refractivity contribution >= 4 is 23.2 Å². The summed E-state index contributed by atoms with van der Waals surface area (Å²) in [5, 5.41) is 4.74. The molecule has 1 aromatic carbocycles. The lowest BCUT2D eigenvalue weighted by atomic mass is 10.1. The van der Waals surface area contributed by atoms with Crippen LogP contribution in [-0.2, 0) is 6.54 Å². The molecule has 0 atom stereocenters. The molecule has 1 fully saturated rings. The molecule has 1 aromatic rings. The number of rotatable bonds is 7. The fraction of sp³-hybridized carbons (Fsp3) is 0.600. The smallest absolute Gasteiger partial charge is 0.142 e. The largest absolute Gasteiger partial charge is 0.489 e. The summed E-state index contributed by atoms with van der Waals surface area (Å²) in [4.78, 5) is 0. The maximum atomic E-state index is 6.29. The average Bonchev–Trinajstić information content (AvgIpc) is 3.19. The number of nitrogens with one attached hydrogen (secondary N) is 1. The van der Waals surface area contributed by atoms with Gasteiger partial charge in [-0.2, -0.15) is 0 Å². The Balaban J connectivity index is 2.16. The van der Waals surface area contributed by atoms with Crippen molar-refractivity contribution in [1.29, 1.82) is 0 Å². The summed E-state index contributed by atoms with van der Waals surface area (Å²) in [7, 11) is 0. The molecule has 0 radical (unpaired) electrons. The molecule has 0 aromatic heterocycles. The zero-order valence-electron chi connectivity index (χ0n) is 11.5. The lowest BCUT2D eigenvalue weighted by Gasteiger charge is -2.20. The Labute approximate surface area is 125 Å². The summed E-state index contributed by atoms with van der Waals surface area (Å²) in [5.74, 6) is 0.785. The van der Waals surface area contributed by atoms with Crippen molar-refractivity contribution in [1.82, 2.24) is 5.32 Å². The maximum Gasteiger partial charge on any atom is 0.142 e. The predicted molar refractivity (Wildman–Crippen MR) is 81.3 cm³/mol. The Kier molecular flexibility index (Phi) is 5.37. The first-order valence-electron chi connectivity index (χ1n) is 7.02. The molecule has 0 aliphatic heterocycles. The molecule has 0 saturated heterocycles. The van der Waals surface area contributed by atoms with Crippen LogP contribution in [0.25, 0.3) is 0 Å². The molecule has 106 valence electrons. The second kappa shape index (κ2) is 6.83. The highest BCUT2D eigenvalue weighted by molar-refractivity contribution is 6.35. The van der Waals surface area contributed by atoms with Crippen LogP contribution < -0.4 is 10.1 Å². The van der Waals surface area contributed by atoms with Crippen LogP contribution in [0, 0.1) is 0 Å². The molecule has 1 saturated carbocycles. The number of benzene rings is 1. The van der Waals surface area contributed by atoms with Gasteiger partial charge >= 0.3 is 0 Å². The van der Waals surface area contributed by atoms with Crippen molar-refractivity contribution in [2.24, 2.45) is 0 Å². The van der Waals surface area contributed by atoms with Crippen molar-refractivity contribution in [3.63, 3.8) is 0 Å². The van der Waals surface area contributed by atoms with Gasteiger partial charge in [-0.3, -0.25) is 0 Å². The van der Waals surface area contributed by atoms with Gasteiger partial charge in [-0.1, -0.05) is 37.0 Å². The van der Waals surface area contributed by atoms with E-state index < -0.39 is 0 Å². The minimum absolute atomic E-state index is 0.207. The van der Waals surface area contributed by atoms with Gasteiger partial charge in [-0.25, -0.2) is 0 Å². The highest BCUT2D eigenvalue weighted by Crippen LogP contribution is 2.34. The molecule has 0 amide bonds. The Morgan fingerprint density at radius 2 is 1.95 bits per heavy atom. The predicted octanol–water partition coefficient (Wildman–Crippen LogP) is 4.81. The van der Waals surface area contributed by atoms with E-state index in [0.717, 1.165) is 30.7 Å². The number of hydrogen-bond acceptors (Lipinski definition) is 2. The standard InChI is InChI=1S/C15H21Cl2NO/c1-3-13(4-2)19-15-10(9-18-12-5-6-12)7-11(16)8-14(15)17/h7-8,12-13,18H,3-6,9H2,1-2H3. The summed E-state index contributed by atoms with van der Waals surface area (Å²) in [5.41, 5.74) is 1.05. The first-order chi connectivity index (χ1) is 9.13. The van der Waals surface area contributed by atoms with Crippen LogP contribution in [0.2, 0.25) is 10.0 Å². The second-order valence-electron chi connectivity index (χ2n) is 5.09. The molecular formula is C15H21Cl2NO. The van der Waals surface area contributed by atoms with Crippen LogP contribution in [0.3, 0.4) is 0 Å². The molecule has 1 N–H and O–H groups in total. The Morgan fingerprint density at radius 3 is 2.53 bits per heavy atom. The van der Waals surface area contributed by atoms with E-state index in [1.807, 2.05) is 6.07 Å². The molecule has 1 aliphatic carbocycles. The van der Waals surface area contributed by atoms with E-state index in [4.69, 9.17) is 27.9 Å². The minimum Gasteiger partial charge on any atom is -0.489 e. The van der Waals surface area contributed by atoms with Crippen molar-refractivity contribution in [3.8, 4) is 5.75 Å². The molecule has 0 unspecified atom stereocenters. The minimum atomic E-state index is 0.207. The van der Waals surface area contributed by atoms with Gasteiger partial charge in [0.05, 0.1) is 11.1 Å². The second-order valence-corrected chi connectivity index (χ2v) is 5.93. The van der Waals surface area contributed by atoms with E-state index in [2.05, 4.69) is 19.2 Å². The van der Waals surface area contributed by atoms with Gasteiger partial charge in [0.2, 0.25) is 0 Å². The van der Waals surface area contributed by atoms with Crippen LogP contribution in [0.4, 0.5) is 0 Å². The molecule has 0 heterocycles. The quantitative estimate of drug-likeness (QED) is 0.780. The lowest BCUT2D eigenvalue weighted by Crippen LogP contribution is -2.19. The molecule has 2 nitrogen and oxygen atoms in total. The molecule has 19 heavy (non-hydrogen) atoms. The Bertz CT molecular complexity index is 428. The van der Waals surface area contributed by atoms with E-state index in [1.54, 1.807) is 6.07 Å². The van der Waals surface area contributed by atoms with Gasteiger partial charge in [-0.05, 0) is 37.8 Å². The third-order valence-corrected chi connectivity index (χ3v) is 3.94. The number of hydrogen-bond donors (Lipinski definition) is 1. The van der Waals surface area contributed by atoms with E-state index in [0.29, 0.717) is 16.1 Å². The fourth-order valence-electron chi connectivity index (χ4n) is 2.04. The van der Waals surface area contributed by atoms with Crippen LogP contribution in [0.1, 0.15) is 45.1 Å². The first-order valence-corrected chi connectivity index (χ1v) is 7.77. The SMILES string of the molecule is CCC(CC)Oc1c(Cl)cc(Cl)cc1CNC1CC1. The van der Waals surface area contributed by atoms with E-state index in [1.165, 1.54) is 12.8 Å². The molecule has 0 bridgehead atoms. The molecular weight excluding hydrogens is 281 g/mol. The normalized spacial score (nSPS) is 15.0. The van der Waals surface area contributed by atoms with Crippen molar-refractivity contribution < 1.29 is 4.74 Å². The molecule has 2 rings (SSSR count). The Hall–Kier alpha value is -0.440. The van der Waals surface area contributed by atoms with Gasteiger partial charge < -0.3 is 10.1 Å². The van der Waals surface area contributed by atoms with Crippen molar-refractivity contribution in [2.45, 2.75) is 58.2 Å². The van der Waals surface area contributed by atoms with Gasteiger partial charge in [0.15, 0.2) is 0 Å². The highest BCUT2D eigenvalue weighted by atomic mass is 35.5. The van der Waals surface area contributed by atoms with Crippen LogP contribution >= 0.6 is 23.2 Å². The third-order valence-electron chi connectivity index (χ3n) is 3.44. The van der Waals surface area contributed by atoms with Gasteiger partial charge in [0.25, 0.3) is 0 Å². The zero-order valence-corrected chi connectivity index (χ0v) is 13.0. The highest BCUT2D eigenvalue weighted by Gasteiger charge is 2.22. The van der Waals surface area contributed by atoms with Gasteiger partial charge in [-0.15, -0.1) is 0 Å². The number of halogens is 2. The number of ether oxygens (including phenoxy) is 1. The average molecular weight is 302 g/mol. The van der Waals surface area contributed by atoms with E-state index in [-0.39, 0.29) is 6.10 Å². The Morgan fingerprint density at radius 1 is 1.26 bits per heavy atom. The van der Waals surface area contributed by atoms with Crippen LogP contribution in [0.15, 0.2) is 12.1 Å². The maximum absolute atomic E-state index is 6.29. The summed E-state index contributed by atoms with van der Waals surface area (Å²) >= 11 is 12.4. The zero-order chi connectivity index (χ0) is 13.8. The topological polar surface area (TPSA) is 21.3 Å². The summed E-state index contributed by atoms with van der Waals surface area (Å²) < 4.78 is 6.05. The first kappa shape index (κ1) is 15.0. The van der Waals surface area contributed by atoms with Gasteiger partial charge in [0, 0.05) is 23.2 Å². The van der Waals surface area contributed by atoms with Crippen molar-refractivity contribution in [3.05, 3.63) is 27.7 Å². The monoisotopic (exact) mass is 301 g/mol. The molecule has 4 heteroatoms. The van der Waals surface area contributed by atoms with E-state index in [9.17, 15) is 0 Å². The van der Waals surface area contributed by atoms with Gasteiger partial charge in [0.1, 0.15) is 5.75 Å². The third kappa shape index (κ3) is 4.27. The van der Waals surface area contributed by atoms with Crippen LogP contribution in [0.5, 0.6) is 5.75 Å².